The molecule has 1 aromatic carbocycles. The minimum absolute atomic E-state index is 0.457. The fourth-order valence-corrected chi connectivity index (χ4v) is 3.15. The van der Waals surface area contributed by atoms with E-state index in [0.717, 1.165) is 16.2 Å². The summed E-state index contributed by atoms with van der Waals surface area (Å²) in [5, 5.41) is 11.9. The van der Waals surface area contributed by atoms with Crippen LogP contribution in [0.4, 0.5) is 0 Å². The fourth-order valence-electron chi connectivity index (χ4n) is 1.21. The number of hydrogen-bond donors (Lipinski definition) is 1. The molecule has 1 fully saturated rings. The van der Waals surface area contributed by atoms with Crippen molar-refractivity contribution in [3.8, 4) is 0 Å². The molecule has 0 amide bonds. The molecule has 1 aliphatic rings. The predicted molar refractivity (Wildman–Crippen MR) is 45.7 cm³/mol. The van der Waals surface area contributed by atoms with E-state index in [-0.39, 0.29) is 0 Å². The Morgan fingerprint density at radius 1 is 1.18 bits per heavy atom. The summed E-state index contributed by atoms with van der Waals surface area (Å²) in [6, 6.07) is 9.97. The molecule has 1 heterocycles. The summed E-state index contributed by atoms with van der Waals surface area (Å²) in [5.74, 6) is 0. The molecule has 58 valence electrons. The monoisotopic (exact) mass is 214 g/mol. The molecule has 0 saturated carbocycles. The van der Waals surface area contributed by atoms with Crippen LogP contribution in [0.2, 0.25) is 10.6 Å². The predicted octanol–water partition coefficient (Wildman–Crippen LogP) is 1.43. The van der Waals surface area contributed by atoms with Crippen LogP contribution in [0.25, 0.3) is 0 Å². The molecular weight excluding hydrogens is 203 g/mol. The first-order valence-corrected chi connectivity index (χ1v) is 6.09. The zero-order valence-electron chi connectivity index (χ0n) is 6.16. The summed E-state index contributed by atoms with van der Waals surface area (Å²) in [7, 11) is 0. The van der Waals surface area contributed by atoms with E-state index in [1.807, 2.05) is 30.3 Å². The first-order chi connectivity index (χ1) is 5.31. The Hall–Kier alpha value is -0.301. The van der Waals surface area contributed by atoms with Crippen LogP contribution in [0.1, 0.15) is 5.56 Å². The topological polar surface area (TPSA) is 20.2 Å². The number of aliphatic hydroxyl groups is 1. The summed E-state index contributed by atoms with van der Waals surface area (Å²) in [6.45, 7) is 0. The molecule has 2 rings (SSSR count). The Kier molecular flexibility index (Phi) is 1.76. The summed E-state index contributed by atoms with van der Waals surface area (Å²) in [4.78, 5) is 0. The van der Waals surface area contributed by atoms with E-state index in [9.17, 15) is 5.11 Å². The summed E-state index contributed by atoms with van der Waals surface area (Å²) >= 11 is 0.685. The second-order valence-corrected chi connectivity index (χ2v) is 4.96. The van der Waals surface area contributed by atoms with Crippen LogP contribution in [0, 0.1) is 0 Å². The molecule has 0 radical (unpaired) electrons. The average Bonchev–Trinajstić information content (AvgIpc) is 2.02. The normalized spacial score (nSPS) is 20.8. The zero-order valence-corrected chi connectivity index (χ0v) is 7.87. The maximum absolute atomic E-state index is 9.90. The standard InChI is InChI=1S/C9H10OSe/c10-9(6-11-7-9)8-4-2-1-3-5-8/h1-5,10H,6-7H2. The summed E-state index contributed by atoms with van der Waals surface area (Å²) in [6.07, 6.45) is 0. The number of hydrogen-bond acceptors (Lipinski definition) is 1. The second-order valence-electron chi connectivity index (χ2n) is 2.89. The molecule has 1 saturated heterocycles. The third-order valence-corrected chi connectivity index (χ3v) is 4.85. The molecule has 0 unspecified atom stereocenters. The molecule has 0 atom stereocenters. The van der Waals surface area contributed by atoms with Gasteiger partial charge in [-0.2, -0.15) is 0 Å². The number of benzene rings is 1. The summed E-state index contributed by atoms with van der Waals surface area (Å²) < 4.78 is 0. The molecule has 1 aromatic rings. The molecule has 0 aromatic heterocycles. The molecule has 2 heteroatoms. The van der Waals surface area contributed by atoms with Gasteiger partial charge in [0.2, 0.25) is 0 Å². The van der Waals surface area contributed by atoms with Crippen molar-refractivity contribution in [2.45, 2.75) is 16.2 Å². The van der Waals surface area contributed by atoms with Crippen molar-refractivity contribution < 1.29 is 5.11 Å². The van der Waals surface area contributed by atoms with E-state index < -0.39 is 5.60 Å². The Bertz CT molecular complexity index is 241. The van der Waals surface area contributed by atoms with E-state index in [2.05, 4.69) is 0 Å². The van der Waals surface area contributed by atoms with Crippen LogP contribution >= 0.6 is 0 Å². The van der Waals surface area contributed by atoms with Crippen molar-refractivity contribution >= 4 is 15.0 Å². The van der Waals surface area contributed by atoms with Crippen LogP contribution in [0.15, 0.2) is 30.3 Å². The van der Waals surface area contributed by atoms with Crippen LogP contribution in [-0.4, -0.2) is 20.1 Å². The fraction of sp³-hybridized carbons (Fsp3) is 0.333. The van der Waals surface area contributed by atoms with Crippen LogP contribution in [0.5, 0.6) is 0 Å². The van der Waals surface area contributed by atoms with Gasteiger partial charge in [0.1, 0.15) is 0 Å². The molecule has 0 spiro atoms. The molecule has 1 aliphatic heterocycles. The zero-order chi connectivity index (χ0) is 7.73. The third kappa shape index (κ3) is 1.22. The third-order valence-electron chi connectivity index (χ3n) is 1.99. The Morgan fingerprint density at radius 3 is 2.27 bits per heavy atom. The van der Waals surface area contributed by atoms with Gasteiger partial charge in [-0.3, -0.25) is 0 Å². The summed E-state index contributed by atoms with van der Waals surface area (Å²) in [5.41, 5.74) is 0.634. The van der Waals surface area contributed by atoms with Gasteiger partial charge in [-0.05, 0) is 0 Å². The van der Waals surface area contributed by atoms with E-state index in [0.29, 0.717) is 15.0 Å². The molecular formula is C9H10OSe. The van der Waals surface area contributed by atoms with E-state index >= 15 is 0 Å². The van der Waals surface area contributed by atoms with Gasteiger partial charge in [-0.1, -0.05) is 0 Å². The SMILES string of the molecule is OC1(c2ccccc2)C[Se]C1. The van der Waals surface area contributed by atoms with Crippen LogP contribution < -0.4 is 0 Å². The van der Waals surface area contributed by atoms with Crippen molar-refractivity contribution in [3.63, 3.8) is 0 Å². The van der Waals surface area contributed by atoms with Crippen molar-refractivity contribution in [1.82, 2.24) is 0 Å². The van der Waals surface area contributed by atoms with Crippen LogP contribution in [-0.2, 0) is 5.60 Å². The van der Waals surface area contributed by atoms with Crippen LogP contribution in [0.3, 0.4) is 0 Å². The Morgan fingerprint density at radius 2 is 1.82 bits per heavy atom. The van der Waals surface area contributed by atoms with Gasteiger partial charge in [0.25, 0.3) is 0 Å². The molecule has 11 heavy (non-hydrogen) atoms. The van der Waals surface area contributed by atoms with E-state index in [1.165, 1.54) is 0 Å². The minimum atomic E-state index is -0.457. The molecule has 0 aliphatic carbocycles. The van der Waals surface area contributed by atoms with Crippen molar-refractivity contribution in [1.29, 1.82) is 0 Å². The molecule has 1 N–H and O–H groups in total. The van der Waals surface area contributed by atoms with E-state index in [4.69, 9.17) is 0 Å². The quantitative estimate of drug-likeness (QED) is 0.699. The van der Waals surface area contributed by atoms with Gasteiger partial charge in [0.05, 0.1) is 0 Å². The van der Waals surface area contributed by atoms with Gasteiger partial charge in [0.15, 0.2) is 0 Å². The second kappa shape index (κ2) is 2.63. The molecule has 0 bridgehead atoms. The van der Waals surface area contributed by atoms with Crippen molar-refractivity contribution in [2.75, 3.05) is 0 Å². The first kappa shape index (κ1) is 7.35. The van der Waals surface area contributed by atoms with Gasteiger partial charge < -0.3 is 0 Å². The van der Waals surface area contributed by atoms with Crippen molar-refractivity contribution in [2.24, 2.45) is 0 Å². The van der Waals surface area contributed by atoms with Gasteiger partial charge in [-0.15, -0.1) is 0 Å². The first-order valence-electron chi connectivity index (χ1n) is 3.67. The van der Waals surface area contributed by atoms with Crippen molar-refractivity contribution in [3.05, 3.63) is 35.9 Å². The molecule has 1 nitrogen and oxygen atoms in total. The Labute approximate surface area is 72.6 Å². The van der Waals surface area contributed by atoms with Gasteiger partial charge >= 0.3 is 72.2 Å². The average molecular weight is 213 g/mol. The van der Waals surface area contributed by atoms with Gasteiger partial charge in [0, 0.05) is 0 Å². The Balaban J connectivity index is 2.29. The van der Waals surface area contributed by atoms with Gasteiger partial charge in [-0.25, -0.2) is 0 Å². The number of rotatable bonds is 1. The van der Waals surface area contributed by atoms with E-state index in [1.54, 1.807) is 0 Å². The maximum atomic E-state index is 9.90.